The highest BCUT2D eigenvalue weighted by Gasteiger charge is 2.48. The molecule has 0 N–H and O–H groups in total. The number of benzene rings is 2. The Morgan fingerprint density at radius 1 is 1.14 bits per heavy atom. The van der Waals surface area contributed by atoms with Crippen LogP contribution in [0, 0.1) is 0 Å². The van der Waals surface area contributed by atoms with Gasteiger partial charge in [0.05, 0.1) is 11.5 Å². The van der Waals surface area contributed by atoms with E-state index in [4.69, 9.17) is 8.92 Å². The highest BCUT2D eigenvalue weighted by Crippen LogP contribution is 2.39. The molecule has 3 rings (SSSR count). The van der Waals surface area contributed by atoms with Gasteiger partial charge < -0.3 is 4.74 Å². The molecule has 0 radical (unpaired) electrons. The highest BCUT2D eigenvalue weighted by atomic mass is 32.2. The summed E-state index contributed by atoms with van der Waals surface area (Å²) in [5, 5.41) is 0. The summed E-state index contributed by atoms with van der Waals surface area (Å²) in [5.74, 6) is 0. The molecule has 114 valence electrons. The van der Waals surface area contributed by atoms with Crippen molar-refractivity contribution in [2.24, 2.45) is 0 Å². The predicted molar refractivity (Wildman–Crippen MR) is 83.7 cm³/mol. The van der Waals surface area contributed by atoms with E-state index in [2.05, 4.69) is 6.58 Å². The zero-order valence-corrected chi connectivity index (χ0v) is 12.8. The Hall–Kier alpha value is -1.95. The average Bonchev–Trinajstić information content (AvgIpc) is 3.35. The second-order valence-corrected chi connectivity index (χ2v) is 6.75. The Bertz CT molecular complexity index is 760. The third-order valence-electron chi connectivity index (χ3n) is 3.64. The zero-order valence-electron chi connectivity index (χ0n) is 11.9. The fourth-order valence-electron chi connectivity index (χ4n) is 2.17. The van der Waals surface area contributed by atoms with Crippen molar-refractivity contribution in [2.75, 3.05) is 13.2 Å². The molecule has 0 aliphatic carbocycles. The van der Waals surface area contributed by atoms with Crippen molar-refractivity contribution >= 4 is 16.2 Å². The van der Waals surface area contributed by atoms with Crippen molar-refractivity contribution in [1.82, 2.24) is 0 Å². The minimum absolute atomic E-state index is 0.0252. The third kappa shape index (κ3) is 2.97. The number of rotatable bonds is 6. The molecular weight excluding hydrogens is 300 g/mol. The summed E-state index contributed by atoms with van der Waals surface area (Å²) in [6, 6.07) is 15.9. The van der Waals surface area contributed by atoms with Gasteiger partial charge in [-0.05, 0) is 23.3 Å². The largest absolute Gasteiger partial charge is 0.362 e. The average molecular weight is 316 g/mol. The highest BCUT2D eigenvalue weighted by molar-refractivity contribution is 7.86. The van der Waals surface area contributed by atoms with E-state index in [-0.39, 0.29) is 11.5 Å². The number of ether oxygens (including phenoxy) is 1. The predicted octanol–water partition coefficient (Wildman–Crippen LogP) is 2.96. The first-order valence-corrected chi connectivity index (χ1v) is 8.28. The van der Waals surface area contributed by atoms with Crippen LogP contribution in [0.3, 0.4) is 0 Å². The van der Waals surface area contributed by atoms with E-state index in [9.17, 15) is 8.42 Å². The maximum Gasteiger partial charge on any atom is 0.297 e. The molecule has 4 nitrogen and oxygen atoms in total. The number of hydrogen-bond donors (Lipinski definition) is 0. The Morgan fingerprint density at radius 3 is 2.32 bits per heavy atom. The van der Waals surface area contributed by atoms with Crippen LogP contribution in [0.25, 0.3) is 6.08 Å². The van der Waals surface area contributed by atoms with Crippen LogP contribution < -0.4 is 0 Å². The van der Waals surface area contributed by atoms with E-state index >= 15 is 0 Å². The van der Waals surface area contributed by atoms with Crippen molar-refractivity contribution in [3.05, 3.63) is 72.3 Å². The lowest BCUT2D eigenvalue weighted by Crippen LogP contribution is -2.20. The van der Waals surface area contributed by atoms with Gasteiger partial charge in [0.2, 0.25) is 0 Å². The molecule has 0 bridgehead atoms. The van der Waals surface area contributed by atoms with Crippen molar-refractivity contribution < 1.29 is 17.3 Å². The van der Waals surface area contributed by atoms with Crippen LogP contribution in [0.4, 0.5) is 0 Å². The summed E-state index contributed by atoms with van der Waals surface area (Å²) in [6.45, 7) is 4.07. The van der Waals surface area contributed by atoms with Gasteiger partial charge in [0, 0.05) is 0 Å². The van der Waals surface area contributed by atoms with Gasteiger partial charge in [-0.25, -0.2) is 0 Å². The molecule has 2 aromatic carbocycles. The fraction of sp³-hybridized carbons (Fsp3) is 0.176. The van der Waals surface area contributed by atoms with Crippen molar-refractivity contribution in [2.45, 2.75) is 10.5 Å². The molecular formula is C17H16O4S. The van der Waals surface area contributed by atoms with Gasteiger partial charge >= 0.3 is 0 Å². The van der Waals surface area contributed by atoms with Crippen LogP contribution in [-0.4, -0.2) is 21.6 Å². The van der Waals surface area contributed by atoms with Crippen LogP contribution in [0.5, 0.6) is 0 Å². The van der Waals surface area contributed by atoms with E-state index in [0.717, 1.165) is 11.1 Å². The summed E-state index contributed by atoms with van der Waals surface area (Å²) in [7, 11) is -3.80. The maximum absolute atomic E-state index is 12.2. The molecule has 1 aliphatic rings. The molecule has 0 amide bonds. The summed E-state index contributed by atoms with van der Waals surface area (Å²) in [5.41, 5.74) is 1.13. The molecule has 2 aromatic rings. The van der Waals surface area contributed by atoms with Gasteiger partial charge in [-0.15, -0.1) is 0 Å². The second-order valence-electron chi connectivity index (χ2n) is 5.14. The van der Waals surface area contributed by atoms with Crippen LogP contribution >= 0.6 is 0 Å². The molecule has 1 atom stereocenters. The Kier molecular flexibility index (Phi) is 3.87. The molecule has 1 saturated heterocycles. The minimum Gasteiger partial charge on any atom is -0.362 e. The van der Waals surface area contributed by atoms with Crippen molar-refractivity contribution in [3.8, 4) is 0 Å². The first kappa shape index (κ1) is 15.0. The van der Waals surface area contributed by atoms with Gasteiger partial charge in [-0.3, -0.25) is 4.18 Å². The SMILES string of the molecule is C=Cc1ccc(S(=O)(=O)OCC2(c3ccccc3)CO2)cc1. The van der Waals surface area contributed by atoms with Crippen molar-refractivity contribution in [3.63, 3.8) is 0 Å². The van der Waals surface area contributed by atoms with Crippen LogP contribution in [0.1, 0.15) is 11.1 Å². The van der Waals surface area contributed by atoms with Crippen LogP contribution in [0.15, 0.2) is 66.1 Å². The summed E-state index contributed by atoms with van der Waals surface area (Å²) in [6.07, 6.45) is 1.65. The van der Waals surface area contributed by atoms with E-state index in [1.165, 1.54) is 12.1 Å². The van der Waals surface area contributed by atoms with E-state index in [1.807, 2.05) is 30.3 Å². The topological polar surface area (TPSA) is 55.9 Å². The fourth-order valence-corrected chi connectivity index (χ4v) is 3.12. The number of hydrogen-bond acceptors (Lipinski definition) is 4. The standard InChI is InChI=1S/C17H16O4S/c1-2-14-8-10-16(11-9-14)22(18,19)21-13-17(12-20-17)15-6-4-3-5-7-15/h2-11H,1,12-13H2. The van der Waals surface area contributed by atoms with Crippen LogP contribution in [-0.2, 0) is 24.6 Å². The minimum atomic E-state index is -3.80. The van der Waals surface area contributed by atoms with Gasteiger partial charge in [0.1, 0.15) is 12.2 Å². The zero-order chi connectivity index (χ0) is 15.6. The first-order valence-electron chi connectivity index (χ1n) is 6.87. The number of epoxide rings is 1. The summed E-state index contributed by atoms with van der Waals surface area (Å²) in [4.78, 5) is 0.127. The Balaban J connectivity index is 1.74. The molecule has 1 unspecified atom stereocenters. The Labute approximate surface area is 130 Å². The lowest BCUT2D eigenvalue weighted by molar-refractivity contribution is 0.194. The van der Waals surface area contributed by atoms with Gasteiger partial charge in [0.25, 0.3) is 10.1 Å². The van der Waals surface area contributed by atoms with Crippen molar-refractivity contribution in [1.29, 1.82) is 0 Å². The van der Waals surface area contributed by atoms with Gasteiger partial charge in [0.15, 0.2) is 0 Å². The first-order chi connectivity index (χ1) is 10.6. The molecule has 0 saturated carbocycles. The smallest absolute Gasteiger partial charge is 0.297 e. The monoisotopic (exact) mass is 316 g/mol. The molecule has 0 aromatic heterocycles. The molecule has 5 heteroatoms. The molecule has 22 heavy (non-hydrogen) atoms. The quantitative estimate of drug-likeness (QED) is 0.607. The van der Waals surface area contributed by atoms with Gasteiger partial charge in [-0.2, -0.15) is 8.42 Å². The lowest BCUT2D eigenvalue weighted by atomic mass is 10.0. The third-order valence-corrected chi connectivity index (χ3v) is 4.92. The van der Waals surface area contributed by atoms with E-state index in [0.29, 0.717) is 6.61 Å². The Morgan fingerprint density at radius 2 is 1.77 bits per heavy atom. The van der Waals surface area contributed by atoms with Crippen LogP contribution in [0.2, 0.25) is 0 Å². The van der Waals surface area contributed by atoms with E-state index < -0.39 is 15.7 Å². The normalized spacial score (nSPS) is 20.5. The van der Waals surface area contributed by atoms with Gasteiger partial charge in [-0.1, -0.05) is 55.1 Å². The summed E-state index contributed by atoms with van der Waals surface area (Å²) >= 11 is 0. The maximum atomic E-state index is 12.2. The molecule has 0 spiro atoms. The lowest BCUT2D eigenvalue weighted by Gasteiger charge is -2.13. The van der Waals surface area contributed by atoms with E-state index in [1.54, 1.807) is 18.2 Å². The molecule has 1 heterocycles. The molecule has 1 fully saturated rings. The summed E-state index contributed by atoms with van der Waals surface area (Å²) < 4.78 is 35.1. The second kappa shape index (κ2) is 5.68. The molecule has 1 aliphatic heterocycles.